The van der Waals surface area contributed by atoms with Gasteiger partial charge in [-0.3, -0.25) is 0 Å². The predicted molar refractivity (Wildman–Crippen MR) is 89.7 cm³/mol. The third-order valence-corrected chi connectivity index (χ3v) is 3.93. The van der Waals surface area contributed by atoms with Gasteiger partial charge < -0.3 is 5.32 Å². The molecule has 0 bridgehead atoms. The Morgan fingerprint density at radius 3 is 2.52 bits per heavy atom. The van der Waals surface area contributed by atoms with Crippen molar-refractivity contribution in [1.29, 1.82) is 0 Å². The minimum absolute atomic E-state index is 0.217. The van der Waals surface area contributed by atoms with Crippen LogP contribution in [0.4, 0.5) is 5.69 Å². The molecule has 1 heterocycles. The Hall–Kier alpha value is -2.07. The molecule has 21 heavy (non-hydrogen) atoms. The standard InChI is InChI=1S/C17H16BrN3/c1-13(14-7-9-15(18)10-8-14)20-16-5-2-3-6-17(16)21-12-4-11-19-21/h2-13,20H,1H3. The van der Waals surface area contributed by atoms with Gasteiger partial charge in [-0.1, -0.05) is 40.2 Å². The highest BCUT2D eigenvalue weighted by molar-refractivity contribution is 9.10. The molecule has 0 amide bonds. The van der Waals surface area contributed by atoms with E-state index in [-0.39, 0.29) is 6.04 Å². The fourth-order valence-corrected chi connectivity index (χ4v) is 2.54. The molecule has 0 aliphatic carbocycles. The minimum Gasteiger partial charge on any atom is -0.377 e. The fraction of sp³-hybridized carbons (Fsp3) is 0.118. The van der Waals surface area contributed by atoms with Gasteiger partial charge in [-0.15, -0.1) is 0 Å². The lowest BCUT2D eigenvalue weighted by atomic mass is 10.1. The van der Waals surface area contributed by atoms with Gasteiger partial charge in [-0.25, -0.2) is 4.68 Å². The molecule has 4 heteroatoms. The molecule has 2 aromatic carbocycles. The molecule has 3 rings (SSSR count). The summed E-state index contributed by atoms with van der Waals surface area (Å²) in [6, 6.07) is 18.7. The third-order valence-electron chi connectivity index (χ3n) is 3.40. The van der Waals surface area contributed by atoms with Gasteiger partial charge in [0, 0.05) is 22.9 Å². The van der Waals surface area contributed by atoms with Gasteiger partial charge in [0.25, 0.3) is 0 Å². The van der Waals surface area contributed by atoms with Crippen molar-refractivity contribution in [2.45, 2.75) is 13.0 Å². The zero-order valence-corrected chi connectivity index (χ0v) is 13.3. The number of rotatable bonds is 4. The molecule has 0 aliphatic heterocycles. The number of hydrogen-bond donors (Lipinski definition) is 1. The van der Waals surface area contributed by atoms with Crippen molar-refractivity contribution in [3.8, 4) is 5.69 Å². The molecule has 0 saturated carbocycles. The number of nitrogens with zero attached hydrogens (tertiary/aromatic N) is 2. The molecule has 1 unspecified atom stereocenters. The van der Waals surface area contributed by atoms with Crippen LogP contribution in [0, 0.1) is 0 Å². The summed E-state index contributed by atoms with van der Waals surface area (Å²) in [6.45, 7) is 2.16. The molecule has 0 fully saturated rings. The van der Waals surface area contributed by atoms with Gasteiger partial charge in [0.05, 0.1) is 11.4 Å². The van der Waals surface area contributed by atoms with Crippen LogP contribution in [-0.4, -0.2) is 9.78 Å². The second kappa shape index (κ2) is 6.14. The normalized spacial score (nSPS) is 12.1. The molecule has 0 radical (unpaired) electrons. The van der Waals surface area contributed by atoms with E-state index in [1.54, 1.807) is 6.20 Å². The van der Waals surface area contributed by atoms with Crippen LogP contribution in [-0.2, 0) is 0 Å². The Kier molecular flexibility index (Phi) is 4.06. The van der Waals surface area contributed by atoms with Gasteiger partial charge in [0.15, 0.2) is 0 Å². The molecule has 1 atom stereocenters. The summed E-state index contributed by atoms with van der Waals surface area (Å²) in [6.07, 6.45) is 3.74. The Bertz CT molecular complexity index is 705. The first-order valence-electron chi connectivity index (χ1n) is 6.85. The third kappa shape index (κ3) is 3.16. The topological polar surface area (TPSA) is 29.9 Å². The van der Waals surface area contributed by atoms with E-state index in [0.717, 1.165) is 15.8 Å². The van der Waals surface area contributed by atoms with Gasteiger partial charge in [0.2, 0.25) is 0 Å². The number of aromatic nitrogens is 2. The summed E-state index contributed by atoms with van der Waals surface area (Å²) in [4.78, 5) is 0. The van der Waals surface area contributed by atoms with Crippen LogP contribution < -0.4 is 5.32 Å². The van der Waals surface area contributed by atoms with Crippen molar-refractivity contribution in [2.24, 2.45) is 0 Å². The first-order valence-corrected chi connectivity index (χ1v) is 7.64. The SMILES string of the molecule is CC(Nc1ccccc1-n1cccn1)c1ccc(Br)cc1. The van der Waals surface area contributed by atoms with E-state index in [1.807, 2.05) is 29.1 Å². The van der Waals surface area contributed by atoms with E-state index in [9.17, 15) is 0 Å². The Morgan fingerprint density at radius 2 is 1.81 bits per heavy atom. The van der Waals surface area contributed by atoms with Crippen LogP contribution in [0.5, 0.6) is 0 Å². The maximum absolute atomic E-state index is 4.31. The number of halogens is 1. The summed E-state index contributed by atoms with van der Waals surface area (Å²) in [5.74, 6) is 0. The smallest absolute Gasteiger partial charge is 0.0876 e. The molecule has 1 N–H and O–H groups in total. The van der Waals surface area contributed by atoms with Crippen molar-refractivity contribution < 1.29 is 0 Å². The molecule has 3 nitrogen and oxygen atoms in total. The van der Waals surface area contributed by atoms with Crippen molar-refractivity contribution in [1.82, 2.24) is 9.78 Å². The second-order valence-corrected chi connectivity index (χ2v) is 5.80. The highest BCUT2D eigenvalue weighted by atomic mass is 79.9. The Morgan fingerprint density at radius 1 is 1.05 bits per heavy atom. The van der Waals surface area contributed by atoms with Crippen LogP contribution in [0.1, 0.15) is 18.5 Å². The zero-order valence-electron chi connectivity index (χ0n) is 11.7. The van der Waals surface area contributed by atoms with E-state index in [4.69, 9.17) is 0 Å². The summed E-state index contributed by atoms with van der Waals surface area (Å²) < 4.78 is 2.96. The Labute approximate surface area is 132 Å². The fourth-order valence-electron chi connectivity index (χ4n) is 2.27. The van der Waals surface area contributed by atoms with Crippen LogP contribution in [0.2, 0.25) is 0 Å². The first-order chi connectivity index (χ1) is 10.2. The van der Waals surface area contributed by atoms with E-state index < -0.39 is 0 Å². The number of benzene rings is 2. The van der Waals surface area contributed by atoms with E-state index in [1.165, 1.54) is 5.56 Å². The highest BCUT2D eigenvalue weighted by Crippen LogP contribution is 2.25. The molecule has 0 aliphatic rings. The minimum atomic E-state index is 0.217. The molecular formula is C17H16BrN3. The van der Waals surface area contributed by atoms with Crippen molar-refractivity contribution in [3.05, 3.63) is 77.0 Å². The molecule has 0 saturated heterocycles. The quantitative estimate of drug-likeness (QED) is 0.738. The molecule has 3 aromatic rings. The number of para-hydroxylation sites is 2. The van der Waals surface area contributed by atoms with E-state index in [0.29, 0.717) is 0 Å². The number of hydrogen-bond acceptors (Lipinski definition) is 2. The number of nitrogens with one attached hydrogen (secondary N) is 1. The van der Waals surface area contributed by atoms with Crippen LogP contribution in [0.25, 0.3) is 5.69 Å². The zero-order chi connectivity index (χ0) is 14.7. The van der Waals surface area contributed by atoms with E-state index in [2.05, 4.69) is 69.7 Å². The van der Waals surface area contributed by atoms with Crippen molar-refractivity contribution >= 4 is 21.6 Å². The average Bonchev–Trinajstić information content (AvgIpc) is 3.02. The second-order valence-electron chi connectivity index (χ2n) is 4.89. The summed E-state index contributed by atoms with van der Waals surface area (Å²) in [5.41, 5.74) is 3.36. The van der Waals surface area contributed by atoms with Crippen molar-refractivity contribution in [3.63, 3.8) is 0 Å². The molecule has 106 valence electrons. The number of anilines is 1. The molecular weight excluding hydrogens is 326 g/mol. The van der Waals surface area contributed by atoms with Crippen molar-refractivity contribution in [2.75, 3.05) is 5.32 Å². The summed E-state index contributed by atoms with van der Waals surface area (Å²) in [7, 11) is 0. The van der Waals surface area contributed by atoms with Gasteiger partial charge >= 0.3 is 0 Å². The molecule has 0 spiro atoms. The summed E-state index contributed by atoms with van der Waals surface area (Å²) >= 11 is 3.47. The maximum atomic E-state index is 4.31. The molecule has 1 aromatic heterocycles. The van der Waals surface area contributed by atoms with Gasteiger partial charge in [-0.05, 0) is 42.8 Å². The summed E-state index contributed by atoms with van der Waals surface area (Å²) in [5, 5.41) is 7.87. The monoisotopic (exact) mass is 341 g/mol. The van der Waals surface area contributed by atoms with E-state index >= 15 is 0 Å². The Balaban J connectivity index is 1.86. The lowest BCUT2D eigenvalue weighted by molar-refractivity contribution is 0.853. The van der Waals surface area contributed by atoms with Crippen LogP contribution in [0.3, 0.4) is 0 Å². The highest BCUT2D eigenvalue weighted by Gasteiger charge is 2.09. The first kappa shape index (κ1) is 13.9. The largest absolute Gasteiger partial charge is 0.377 e. The van der Waals surface area contributed by atoms with Gasteiger partial charge in [-0.2, -0.15) is 5.10 Å². The van der Waals surface area contributed by atoms with Crippen LogP contribution in [0.15, 0.2) is 71.5 Å². The predicted octanol–water partition coefficient (Wildman–Crippen LogP) is 4.81. The maximum Gasteiger partial charge on any atom is 0.0876 e. The average molecular weight is 342 g/mol. The lowest BCUT2D eigenvalue weighted by Gasteiger charge is -2.18. The van der Waals surface area contributed by atoms with Gasteiger partial charge in [0.1, 0.15) is 0 Å². The lowest BCUT2D eigenvalue weighted by Crippen LogP contribution is -2.09. The van der Waals surface area contributed by atoms with Crippen LogP contribution >= 0.6 is 15.9 Å².